The Kier molecular flexibility index (Phi) is 3.15. The summed E-state index contributed by atoms with van der Waals surface area (Å²) in [5, 5.41) is 0. The van der Waals surface area contributed by atoms with Gasteiger partial charge in [-0.3, -0.25) is 4.79 Å². The lowest BCUT2D eigenvalue weighted by Gasteiger charge is -2.19. The van der Waals surface area contributed by atoms with Gasteiger partial charge in [0.25, 0.3) is 0 Å². The van der Waals surface area contributed by atoms with Crippen LogP contribution in [0.4, 0.5) is 0 Å². The van der Waals surface area contributed by atoms with Crippen molar-refractivity contribution in [3.05, 3.63) is 35.4 Å². The number of rotatable bonds is 2. The molecule has 0 unspecified atom stereocenters. The molecule has 1 aromatic rings. The molecular weight excluding hydrogens is 188 g/mol. The van der Waals surface area contributed by atoms with Gasteiger partial charge >= 0.3 is 0 Å². The Morgan fingerprint density at radius 2 is 1.67 bits per heavy atom. The molecule has 0 radical (unpaired) electrons. The van der Waals surface area contributed by atoms with Gasteiger partial charge < -0.3 is 11.5 Å². The van der Waals surface area contributed by atoms with E-state index in [1.165, 1.54) is 5.56 Å². The molecule has 0 aromatic heterocycles. The maximum atomic E-state index is 10.9. The Balaban J connectivity index is 2.95. The number of carbonyl (C=O) groups is 1. The lowest BCUT2D eigenvalue weighted by molar-refractivity contribution is -0.119. The molecule has 0 heterocycles. The summed E-state index contributed by atoms with van der Waals surface area (Å²) in [4.78, 5) is 10.9. The highest BCUT2D eigenvalue weighted by molar-refractivity contribution is 5.81. The molecule has 0 saturated heterocycles. The van der Waals surface area contributed by atoms with Crippen molar-refractivity contribution in [2.45, 2.75) is 32.2 Å². The molecule has 15 heavy (non-hydrogen) atoms. The lowest BCUT2D eigenvalue weighted by atomic mass is 9.86. The number of carbonyl (C=O) groups excluding carboxylic acids is 1. The Labute approximate surface area is 90.5 Å². The predicted octanol–water partition coefficient (Wildman–Crippen LogP) is 1.47. The Hall–Kier alpha value is -1.35. The third kappa shape index (κ3) is 2.80. The molecule has 1 atom stereocenters. The molecule has 0 bridgehead atoms. The molecule has 0 aliphatic rings. The predicted molar refractivity (Wildman–Crippen MR) is 61.3 cm³/mol. The van der Waals surface area contributed by atoms with E-state index in [0.717, 1.165) is 5.56 Å². The van der Waals surface area contributed by atoms with E-state index in [0.29, 0.717) is 0 Å². The van der Waals surface area contributed by atoms with Crippen LogP contribution in [0.15, 0.2) is 24.3 Å². The molecule has 0 saturated carbocycles. The van der Waals surface area contributed by atoms with Crippen LogP contribution in [0.25, 0.3) is 0 Å². The van der Waals surface area contributed by atoms with E-state index in [-0.39, 0.29) is 5.41 Å². The van der Waals surface area contributed by atoms with Crippen LogP contribution < -0.4 is 11.5 Å². The molecule has 0 aliphatic carbocycles. The first-order valence-corrected chi connectivity index (χ1v) is 4.97. The third-order valence-electron chi connectivity index (χ3n) is 2.44. The maximum Gasteiger partial charge on any atom is 0.238 e. The number of primary amides is 1. The van der Waals surface area contributed by atoms with Gasteiger partial charge in [0.2, 0.25) is 5.91 Å². The van der Waals surface area contributed by atoms with Gasteiger partial charge in [-0.2, -0.15) is 0 Å². The van der Waals surface area contributed by atoms with Crippen molar-refractivity contribution >= 4 is 5.91 Å². The van der Waals surface area contributed by atoms with Gasteiger partial charge in [0.15, 0.2) is 0 Å². The zero-order valence-electron chi connectivity index (χ0n) is 9.45. The van der Waals surface area contributed by atoms with Crippen molar-refractivity contribution in [1.29, 1.82) is 0 Å². The second-order valence-corrected chi connectivity index (χ2v) is 4.75. The Morgan fingerprint density at radius 3 is 2.00 bits per heavy atom. The van der Waals surface area contributed by atoms with Gasteiger partial charge in [-0.05, 0) is 16.5 Å². The molecule has 1 rings (SSSR count). The molecule has 4 N–H and O–H groups in total. The summed E-state index contributed by atoms with van der Waals surface area (Å²) in [6.45, 7) is 6.40. The quantitative estimate of drug-likeness (QED) is 0.769. The van der Waals surface area contributed by atoms with Crippen molar-refractivity contribution in [1.82, 2.24) is 0 Å². The summed E-state index contributed by atoms with van der Waals surface area (Å²) in [5.74, 6) is -0.501. The molecule has 3 nitrogen and oxygen atoms in total. The summed E-state index contributed by atoms with van der Waals surface area (Å²) in [6, 6.07) is 6.97. The SMILES string of the molecule is CC(C)(C)c1ccc([C@H](N)C(N)=O)cc1. The van der Waals surface area contributed by atoms with Gasteiger partial charge in [0.1, 0.15) is 6.04 Å². The normalized spacial score (nSPS) is 13.6. The van der Waals surface area contributed by atoms with Crippen LogP contribution in [-0.2, 0) is 10.2 Å². The van der Waals surface area contributed by atoms with Crippen LogP contribution >= 0.6 is 0 Å². The van der Waals surface area contributed by atoms with Crippen molar-refractivity contribution in [2.75, 3.05) is 0 Å². The Bertz CT molecular complexity index is 349. The monoisotopic (exact) mass is 206 g/mol. The van der Waals surface area contributed by atoms with Crippen molar-refractivity contribution < 1.29 is 4.79 Å². The molecule has 0 fully saturated rings. The first-order chi connectivity index (χ1) is 6.82. The topological polar surface area (TPSA) is 69.1 Å². The van der Waals surface area contributed by atoms with Gasteiger partial charge in [0.05, 0.1) is 0 Å². The van der Waals surface area contributed by atoms with E-state index >= 15 is 0 Å². The second kappa shape index (κ2) is 4.03. The van der Waals surface area contributed by atoms with E-state index in [4.69, 9.17) is 11.5 Å². The minimum absolute atomic E-state index is 0.106. The lowest BCUT2D eigenvalue weighted by Crippen LogP contribution is -2.28. The summed E-state index contributed by atoms with van der Waals surface area (Å²) in [7, 11) is 0. The first kappa shape index (κ1) is 11.7. The van der Waals surface area contributed by atoms with Gasteiger partial charge in [-0.1, -0.05) is 45.0 Å². The number of nitrogens with two attached hydrogens (primary N) is 2. The summed E-state index contributed by atoms with van der Waals surface area (Å²) in [5.41, 5.74) is 12.8. The number of hydrogen-bond acceptors (Lipinski definition) is 2. The number of benzene rings is 1. The highest BCUT2D eigenvalue weighted by atomic mass is 16.1. The van der Waals surface area contributed by atoms with E-state index in [9.17, 15) is 4.79 Å². The average Bonchev–Trinajstić information content (AvgIpc) is 2.15. The van der Waals surface area contributed by atoms with Crippen LogP contribution in [0, 0.1) is 0 Å². The summed E-state index contributed by atoms with van der Waals surface area (Å²) >= 11 is 0. The van der Waals surface area contributed by atoms with E-state index in [2.05, 4.69) is 20.8 Å². The van der Waals surface area contributed by atoms with Crippen molar-refractivity contribution in [2.24, 2.45) is 11.5 Å². The van der Waals surface area contributed by atoms with Crippen LogP contribution in [-0.4, -0.2) is 5.91 Å². The molecular formula is C12H18N2O. The second-order valence-electron chi connectivity index (χ2n) is 4.75. The fourth-order valence-corrected chi connectivity index (χ4v) is 1.35. The molecule has 82 valence electrons. The van der Waals surface area contributed by atoms with Crippen LogP contribution in [0.5, 0.6) is 0 Å². The van der Waals surface area contributed by atoms with Crippen molar-refractivity contribution in [3.8, 4) is 0 Å². The highest BCUT2D eigenvalue weighted by Crippen LogP contribution is 2.23. The highest BCUT2D eigenvalue weighted by Gasteiger charge is 2.15. The molecule has 0 aliphatic heterocycles. The van der Waals surface area contributed by atoms with Crippen LogP contribution in [0.1, 0.15) is 37.9 Å². The molecule has 3 heteroatoms. The third-order valence-corrected chi connectivity index (χ3v) is 2.44. The Morgan fingerprint density at radius 1 is 1.20 bits per heavy atom. The van der Waals surface area contributed by atoms with Gasteiger partial charge in [-0.25, -0.2) is 0 Å². The van der Waals surface area contributed by atoms with Gasteiger partial charge in [-0.15, -0.1) is 0 Å². The smallest absolute Gasteiger partial charge is 0.238 e. The van der Waals surface area contributed by atoms with Gasteiger partial charge in [0, 0.05) is 0 Å². The maximum absolute atomic E-state index is 10.9. The van der Waals surface area contributed by atoms with E-state index < -0.39 is 11.9 Å². The fraction of sp³-hybridized carbons (Fsp3) is 0.417. The first-order valence-electron chi connectivity index (χ1n) is 4.97. The average molecular weight is 206 g/mol. The van der Waals surface area contributed by atoms with E-state index in [1.807, 2.05) is 24.3 Å². The fourth-order valence-electron chi connectivity index (χ4n) is 1.35. The zero-order chi connectivity index (χ0) is 11.6. The zero-order valence-corrected chi connectivity index (χ0v) is 9.45. The number of hydrogen-bond donors (Lipinski definition) is 2. The summed E-state index contributed by atoms with van der Waals surface area (Å²) in [6.07, 6.45) is 0. The van der Waals surface area contributed by atoms with Crippen molar-refractivity contribution in [3.63, 3.8) is 0 Å². The summed E-state index contributed by atoms with van der Waals surface area (Å²) < 4.78 is 0. The molecule has 1 aromatic carbocycles. The van der Waals surface area contributed by atoms with E-state index in [1.54, 1.807) is 0 Å². The largest absolute Gasteiger partial charge is 0.368 e. The molecule has 0 spiro atoms. The van der Waals surface area contributed by atoms with Crippen LogP contribution in [0.3, 0.4) is 0 Å². The minimum Gasteiger partial charge on any atom is -0.368 e. The standard InChI is InChI=1S/C12H18N2O/c1-12(2,3)9-6-4-8(5-7-9)10(13)11(14)15/h4-7,10H,13H2,1-3H3,(H2,14,15)/t10-/m0/s1. The van der Waals surface area contributed by atoms with Crippen LogP contribution in [0.2, 0.25) is 0 Å². The minimum atomic E-state index is -0.709. The molecule has 1 amide bonds. The number of amides is 1.